The summed E-state index contributed by atoms with van der Waals surface area (Å²) in [6.45, 7) is 0. The quantitative estimate of drug-likeness (QED) is 0.268. The maximum absolute atomic E-state index is 13.7. The topological polar surface area (TPSA) is 58.7 Å². The van der Waals surface area contributed by atoms with Gasteiger partial charge in [0.05, 0.1) is 17.5 Å². The molecule has 5 nitrogen and oxygen atoms in total. The van der Waals surface area contributed by atoms with Gasteiger partial charge in [0.1, 0.15) is 17.2 Å². The van der Waals surface area contributed by atoms with Gasteiger partial charge in [-0.3, -0.25) is 4.79 Å². The van der Waals surface area contributed by atoms with E-state index in [1.165, 1.54) is 36.0 Å². The number of oxazole rings is 1. The van der Waals surface area contributed by atoms with Crippen LogP contribution in [0, 0.1) is 17.6 Å². The first-order valence-corrected chi connectivity index (χ1v) is 13.1. The Morgan fingerprint density at radius 3 is 2.51 bits per heavy atom. The predicted octanol–water partition coefficient (Wildman–Crippen LogP) is 7.02. The number of hydrazone groups is 1. The molecule has 4 aromatic rings. The molecule has 1 aliphatic heterocycles. The molecule has 2 atom stereocenters. The first-order valence-electron chi connectivity index (χ1n) is 12.2. The third-order valence-electron chi connectivity index (χ3n) is 6.77. The third-order valence-corrected chi connectivity index (χ3v) is 7.59. The Balaban J connectivity index is 1.31. The van der Waals surface area contributed by atoms with Crippen molar-refractivity contribution in [3.8, 4) is 0 Å². The molecule has 0 saturated heterocycles. The number of carbonyl (C=O) groups is 1. The average molecular weight is 516 g/mol. The number of benzene rings is 3. The van der Waals surface area contributed by atoms with Gasteiger partial charge in [0, 0.05) is 5.92 Å². The Morgan fingerprint density at radius 2 is 1.76 bits per heavy atom. The minimum atomic E-state index is -0.329. The van der Waals surface area contributed by atoms with E-state index in [-0.39, 0.29) is 35.3 Å². The number of para-hydroxylation sites is 2. The van der Waals surface area contributed by atoms with Crippen molar-refractivity contribution < 1.29 is 18.0 Å². The molecule has 8 heteroatoms. The second-order valence-corrected chi connectivity index (χ2v) is 10.1. The molecule has 186 valence electrons. The number of amides is 1. The summed E-state index contributed by atoms with van der Waals surface area (Å²) < 4.78 is 32.9. The SMILES string of the molecule is O=C(CSc1nc2ccccc2o1)N1N=C2C(=Cc3ccc(F)cc3)CCCC2C1c1ccc(F)cc1. The fourth-order valence-electron chi connectivity index (χ4n) is 5.06. The standard InChI is InChI=1S/C29H23F2N3O2S/c30-21-12-8-18(9-13-21)16-20-4-3-5-23-27(20)33-34(28(23)19-10-14-22(31)15-11-19)26(35)17-37-29-32-24-6-1-2-7-25(24)36-29/h1-2,6-16,23,28H,3-5,17H2. The number of halogens is 2. The third kappa shape index (κ3) is 4.81. The van der Waals surface area contributed by atoms with Gasteiger partial charge in [-0.1, -0.05) is 48.2 Å². The minimum absolute atomic E-state index is 0.0100. The molecule has 1 fully saturated rings. The van der Waals surface area contributed by atoms with E-state index in [1.807, 2.05) is 30.3 Å². The fraction of sp³-hybridized carbons (Fsp3) is 0.207. The highest BCUT2D eigenvalue weighted by molar-refractivity contribution is 7.99. The van der Waals surface area contributed by atoms with Crippen LogP contribution in [-0.2, 0) is 4.79 Å². The minimum Gasteiger partial charge on any atom is -0.431 e. The van der Waals surface area contributed by atoms with Gasteiger partial charge in [-0.25, -0.2) is 18.8 Å². The normalized spacial score (nSPS) is 20.3. The van der Waals surface area contributed by atoms with E-state index in [1.54, 1.807) is 29.3 Å². The summed E-state index contributed by atoms with van der Waals surface area (Å²) in [4.78, 5) is 18.0. The van der Waals surface area contributed by atoms with Crippen LogP contribution in [0.3, 0.4) is 0 Å². The molecule has 37 heavy (non-hydrogen) atoms. The predicted molar refractivity (Wildman–Crippen MR) is 140 cm³/mol. The van der Waals surface area contributed by atoms with Gasteiger partial charge in [-0.15, -0.1) is 0 Å². The molecule has 1 saturated carbocycles. The number of hydrogen-bond acceptors (Lipinski definition) is 5. The Morgan fingerprint density at radius 1 is 1.03 bits per heavy atom. The summed E-state index contributed by atoms with van der Waals surface area (Å²) in [6, 6.07) is 19.8. The summed E-state index contributed by atoms with van der Waals surface area (Å²) in [5.74, 6) is -0.696. The number of fused-ring (bicyclic) bond motifs is 2. The van der Waals surface area contributed by atoms with E-state index < -0.39 is 0 Å². The summed E-state index contributed by atoms with van der Waals surface area (Å²) in [7, 11) is 0. The highest BCUT2D eigenvalue weighted by Gasteiger charge is 2.43. The average Bonchev–Trinajstić information content (AvgIpc) is 3.51. The lowest BCUT2D eigenvalue weighted by atomic mass is 9.77. The van der Waals surface area contributed by atoms with E-state index in [0.29, 0.717) is 10.8 Å². The number of thioether (sulfide) groups is 1. The number of rotatable bonds is 5. The Bertz CT molecular complexity index is 1480. The van der Waals surface area contributed by atoms with Crippen molar-refractivity contribution >= 4 is 40.6 Å². The molecule has 6 rings (SSSR count). The molecule has 1 aliphatic carbocycles. The molecule has 2 heterocycles. The van der Waals surface area contributed by atoms with Crippen LogP contribution in [0.25, 0.3) is 17.2 Å². The van der Waals surface area contributed by atoms with Crippen molar-refractivity contribution in [2.45, 2.75) is 30.5 Å². The van der Waals surface area contributed by atoms with E-state index in [2.05, 4.69) is 4.98 Å². The maximum atomic E-state index is 13.7. The highest BCUT2D eigenvalue weighted by atomic mass is 32.2. The zero-order valence-corrected chi connectivity index (χ0v) is 20.6. The van der Waals surface area contributed by atoms with Gasteiger partial charge in [0.15, 0.2) is 5.58 Å². The van der Waals surface area contributed by atoms with Crippen LogP contribution in [0.1, 0.15) is 36.4 Å². The molecule has 1 aromatic heterocycles. The largest absolute Gasteiger partial charge is 0.431 e. The highest BCUT2D eigenvalue weighted by Crippen LogP contribution is 2.44. The van der Waals surface area contributed by atoms with Crippen molar-refractivity contribution in [3.05, 3.63) is 101 Å². The van der Waals surface area contributed by atoms with Crippen LogP contribution in [0.2, 0.25) is 0 Å². The summed E-state index contributed by atoms with van der Waals surface area (Å²) >= 11 is 1.23. The van der Waals surface area contributed by atoms with E-state index in [4.69, 9.17) is 9.52 Å². The molecule has 0 radical (unpaired) electrons. The lowest BCUT2D eigenvalue weighted by Crippen LogP contribution is -2.32. The fourth-order valence-corrected chi connectivity index (χ4v) is 5.75. The Hall–Kier alpha value is -3.78. The monoisotopic (exact) mass is 515 g/mol. The molecule has 0 spiro atoms. The number of allylic oxidation sites excluding steroid dienone is 1. The number of hydrogen-bond donors (Lipinski definition) is 0. The van der Waals surface area contributed by atoms with Crippen molar-refractivity contribution in [2.24, 2.45) is 11.0 Å². The van der Waals surface area contributed by atoms with Crippen molar-refractivity contribution in [3.63, 3.8) is 0 Å². The molecule has 3 aromatic carbocycles. The summed E-state index contributed by atoms with van der Waals surface area (Å²) in [5, 5.41) is 6.81. The molecule has 0 N–H and O–H groups in total. The van der Waals surface area contributed by atoms with Crippen molar-refractivity contribution in [2.75, 3.05) is 5.75 Å². The Kier molecular flexibility index (Phi) is 6.34. The maximum Gasteiger partial charge on any atom is 0.257 e. The molecule has 2 aliphatic rings. The van der Waals surface area contributed by atoms with Gasteiger partial charge < -0.3 is 4.42 Å². The van der Waals surface area contributed by atoms with Gasteiger partial charge in [-0.05, 0) is 78.4 Å². The second-order valence-electron chi connectivity index (χ2n) is 9.18. The second kappa shape index (κ2) is 9.94. The molecule has 0 bridgehead atoms. The van der Waals surface area contributed by atoms with E-state index >= 15 is 0 Å². The van der Waals surface area contributed by atoms with Crippen LogP contribution in [0.4, 0.5) is 8.78 Å². The van der Waals surface area contributed by atoms with Crippen molar-refractivity contribution in [1.29, 1.82) is 0 Å². The van der Waals surface area contributed by atoms with Crippen LogP contribution < -0.4 is 0 Å². The number of carbonyl (C=O) groups excluding carboxylic acids is 1. The van der Waals surface area contributed by atoms with Gasteiger partial charge in [0.2, 0.25) is 0 Å². The Labute approximate surface area is 216 Å². The van der Waals surface area contributed by atoms with E-state index in [0.717, 1.165) is 47.2 Å². The van der Waals surface area contributed by atoms with Crippen LogP contribution >= 0.6 is 11.8 Å². The van der Waals surface area contributed by atoms with Crippen molar-refractivity contribution in [1.82, 2.24) is 9.99 Å². The zero-order chi connectivity index (χ0) is 25.4. The lowest BCUT2D eigenvalue weighted by molar-refractivity contribution is -0.130. The first kappa shape index (κ1) is 23.6. The van der Waals surface area contributed by atoms with Crippen LogP contribution in [-0.4, -0.2) is 27.4 Å². The summed E-state index contributed by atoms with van der Waals surface area (Å²) in [6.07, 6.45) is 4.65. The molecular weight excluding hydrogens is 492 g/mol. The number of nitrogens with zero attached hydrogens (tertiary/aromatic N) is 3. The lowest BCUT2D eigenvalue weighted by Gasteiger charge is -2.29. The first-order chi connectivity index (χ1) is 18.0. The zero-order valence-electron chi connectivity index (χ0n) is 19.8. The molecular formula is C29H23F2N3O2S. The number of aromatic nitrogens is 1. The summed E-state index contributed by atoms with van der Waals surface area (Å²) in [5.41, 5.74) is 5.04. The van der Waals surface area contributed by atoms with Gasteiger partial charge in [-0.2, -0.15) is 5.10 Å². The van der Waals surface area contributed by atoms with Gasteiger partial charge >= 0.3 is 0 Å². The molecule has 2 unspecified atom stereocenters. The van der Waals surface area contributed by atoms with Gasteiger partial charge in [0.25, 0.3) is 11.1 Å². The van der Waals surface area contributed by atoms with E-state index in [9.17, 15) is 13.6 Å². The molecule has 1 amide bonds. The smallest absolute Gasteiger partial charge is 0.257 e. The van der Waals surface area contributed by atoms with Crippen LogP contribution in [0.15, 0.2) is 93.1 Å². The van der Waals surface area contributed by atoms with Crippen LogP contribution in [0.5, 0.6) is 0 Å².